The molecule has 0 aliphatic heterocycles. The average molecular weight is 437 g/mol. The third kappa shape index (κ3) is 6.93. The van der Waals surface area contributed by atoms with E-state index in [1.165, 1.54) is 24.3 Å². The number of carbonyl (C=O) groups excluding carboxylic acids is 1. The fourth-order valence-electron chi connectivity index (χ4n) is 2.63. The first-order valence-electron chi connectivity index (χ1n) is 9.59. The van der Waals surface area contributed by atoms with E-state index in [1.54, 1.807) is 20.3 Å². The van der Waals surface area contributed by atoms with E-state index in [-0.39, 0.29) is 24.0 Å². The number of hydrogen-bond acceptors (Lipinski definition) is 6. The van der Waals surface area contributed by atoms with Crippen molar-refractivity contribution in [1.82, 2.24) is 10.0 Å². The smallest absolute Gasteiger partial charge is 0.257 e. The molecule has 1 amide bonds. The molecule has 0 aromatic heterocycles. The van der Waals surface area contributed by atoms with Gasteiger partial charge in [-0.2, -0.15) is 0 Å². The summed E-state index contributed by atoms with van der Waals surface area (Å²) in [6, 6.07) is 11.4. The SMILES string of the molecule is CCCNC(=O)COc1ccc(S(=O)(=O)NCCc2ccc(OC)c(OC)c2)cc1. The highest BCUT2D eigenvalue weighted by molar-refractivity contribution is 7.89. The summed E-state index contributed by atoms with van der Waals surface area (Å²) in [5.74, 6) is 1.42. The van der Waals surface area contributed by atoms with E-state index in [2.05, 4.69) is 10.0 Å². The molecule has 164 valence electrons. The van der Waals surface area contributed by atoms with Crippen LogP contribution in [0.1, 0.15) is 18.9 Å². The maximum Gasteiger partial charge on any atom is 0.257 e. The van der Waals surface area contributed by atoms with Crippen molar-refractivity contribution in [3.63, 3.8) is 0 Å². The number of nitrogens with one attached hydrogen (secondary N) is 2. The van der Waals surface area contributed by atoms with Crippen LogP contribution in [0.4, 0.5) is 0 Å². The molecule has 0 aliphatic rings. The van der Waals surface area contributed by atoms with Gasteiger partial charge < -0.3 is 19.5 Å². The molecular weight excluding hydrogens is 408 g/mol. The molecule has 0 heterocycles. The Morgan fingerprint density at radius 1 is 0.967 bits per heavy atom. The molecule has 9 heteroatoms. The molecule has 2 aromatic carbocycles. The second kappa shape index (κ2) is 11.4. The van der Waals surface area contributed by atoms with Crippen LogP contribution in [0, 0.1) is 0 Å². The largest absolute Gasteiger partial charge is 0.493 e. The summed E-state index contributed by atoms with van der Waals surface area (Å²) in [5, 5.41) is 2.70. The van der Waals surface area contributed by atoms with Gasteiger partial charge in [0, 0.05) is 13.1 Å². The highest BCUT2D eigenvalue weighted by Gasteiger charge is 2.14. The van der Waals surface area contributed by atoms with Crippen molar-refractivity contribution in [2.45, 2.75) is 24.7 Å². The van der Waals surface area contributed by atoms with Gasteiger partial charge in [-0.25, -0.2) is 13.1 Å². The Bertz CT molecular complexity index is 929. The minimum Gasteiger partial charge on any atom is -0.493 e. The van der Waals surface area contributed by atoms with Crippen molar-refractivity contribution in [2.24, 2.45) is 0 Å². The van der Waals surface area contributed by atoms with Crippen LogP contribution >= 0.6 is 0 Å². The molecule has 0 atom stereocenters. The first-order chi connectivity index (χ1) is 14.4. The zero-order chi connectivity index (χ0) is 22.0. The molecule has 2 rings (SSSR count). The van der Waals surface area contributed by atoms with Gasteiger partial charge in [0.2, 0.25) is 10.0 Å². The molecule has 0 bridgehead atoms. The molecular formula is C21H28N2O6S. The van der Waals surface area contributed by atoms with E-state index < -0.39 is 10.0 Å². The van der Waals surface area contributed by atoms with Gasteiger partial charge in [-0.3, -0.25) is 4.79 Å². The van der Waals surface area contributed by atoms with E-state index in [0.717, 1.165) is 12.0 Å². The van der Waals surface area contributed by atoms with Gasteiger partial charge in [0.1, 0.15) is 5.75 Å². The van der Waals surface area contributed by atoms with Crippen molar-refractivity contribution < 1.29 is 27.4 Å². The predicted octanol–water partition coefficient (Wildman–Crippen LogP) is 2.13. The summed E-state index contributed by atoms with van der Waals surface area (Å²) >= 11 is 0. The van der Waals surface area contributed by atoms with Crippen molar-refractivity contribution in [3.05, 3.63) is 48.0 Å². The van der Waals surface area contributed by atoms with E-state index in [1.807, 2.05) is 19.1 Å². The van der Waals surface area contributed by atoms with Gasteiger partial charge in [0.05, 0.1) is 19.1 Å². The second-order valence-corrected chi connectivity index (χ2v) is 8.21. The number of methoxy groups -OCH3 is 2. The van der Waals surface area contributed by atoms with Crippen LogP contribution in [0.3, 0.4) is 0 Å². The van der Waals surface area contributed by atoms with E-state index in [9.17, 15) is 13.2 Å². The fraction of sp³-hybridized carbons (Fsp3) is 0.381. The van der Waals surface area contributed by atoms with Crippen LogP contribution in [0.5, 0.6) is 17.2 Å². The van der Waals surface area contributed by atoms with E-state index in [0.29, 0.717) is 30.2 Å². The van der Waals surface area contributed by atoms with Gasteiger partial charge in [-0.05, 0) is 54.8 Å². The summed E-state index contributed by atoms with van der Waals surface area (Å²) in [7, 11) is -0.550. The fourth-order valence-corrected chi connectivity index (χ4v) is 3.66. The summed E-state index contributed by atoms with van der Waals surface area (Å²) < 4.78 is 43.4. The Balaban J connectivity index is 1.89. The first-order valence-corrected chi connectivity index (χ1v) is 11.1. The maximum atomic E-state index is 12.5. The zero-order valence-electron chi connectivity index (χ0n) is 17.4. The molecule has 0 unspecified atom stereocenters. The Hall–Kier alpha value is -2.78. The number of rotatable bonds is 12. The van der Waals surface area contributed by atoms with Crippen LogP contribution in [-0.2, 0) is 21.2 Å². The summed E-state index contributed by atoms with van der Waals surface area (Å²) in [6.45, 7) is 2.67. The van der Waals surface area contributed by atoms with Crippen LogP contribution in [0.25, 0.3) is 0 Å². The lowest BCUT2D eigenvalue weighted by molar-refractivity contribution is -0.123. The van der Waals surface area contributed by atoms with Crippen molar-refractivity contribution in [3.8, 4) is 17.2 Å². The normalized spacial score (nSPS) is 11.0. The first kappa shape index (κ1) is 23.5. The van der Waals surface area contributed by atoms with Crippen molar-refractivity contribution in [2.75, 3.05) is 33.9 Å². The number of ether oxygens (including phenoxy) is 3. The van der Waals surface area contributed by atoms with Crippen LogP contribution < -0.4 is 24.2 Å². The number of sulfonamides is 1. The van der Waals surface area contributed by atoms with Crippen LogP contribution in [0.2, 0.25) is 0 Å². The predicted molar refractivity (Wildman–Crippen MR) is 114 cm³/mol. The molecule has 0 saturated heterocycles. The van der Waals surface area contributed by atoms with Gasteiger partial charge in [0.15, 0.2) is 18.1 Å². The van der Waals surface area contributed by atoms with E-state index >= 15 is 0 Å². The number of hydrogen-bond donors (Lipinski definition) is 2. The Morgan fingerprint density at radius 3 is 2.30 bits per heavy atom. The van der Waals surface area contributed by atoms with Gasteiger partial charge in [-0.1, -0.05) is 13.0 Å². The summed E-state index contributed by atoms with van der Waals surface area (Å²) in [5.41, 5.74) is 0.917. The standard InChI is InChI=1S/C21H28N2O6S/c1-4-12-22-21(24)15-29-17-6-8-18(9-7-17)30(25,26)23-13-11-16-5-10-19(27-2)20(14-16)28-3/h5-10,14,23H,4,11-13,15H2,1-3H3,(H,22,24). The third-order valence-electron chi connectivity index (χ3n) is 4.23. The minimum absolute atomic E-state index is 0.115. The molecule has 0 fully saturated rings. The molecule has 0 spiro atoms. The molecule has 8 nitrogen and oxygen atoms in total. The monoisotopic (exact) mass is 436 g/mol. The average Bonchev–Trinajstić information content (AvgIpc) is 2.76. The second-order valence-electron chi connectivity index (χ2n) is 6.45. The summed E-state index contributed by atoms with van der Waals surface area (Å²) in [6.07, 6.45) is 1.34. The van der Waals surface area contributed by atoms with E-state index in [4.69, 9.17) is 14.2 Å². The molecule has 0 aliphatic carbocycles. The van der Waals surface area contributed by atoms with Crippen molar-refractivity contribution in [1.29, 1.82) is 0 Å². The number of benzene rings is 2. The highest BCUT2D eigenvalue weighted by atomic mass is 32.2. The van der Waals surface area contributed by atoms with Crippen LogP contribution in [0.15, 0.2) is 47.4 Å². The molecule has 2 N–H and O–H groups in total. The third-order valence-corrected chi connectivity index (χ3v) is 5.71. The lowest BCUT2D eigenvalue weighted by atomic mass is 10.1. The van der Waals surface area contributed by atoms with Crippen molar-refractivity contribution >= 4 is 15.9 Å². The Labute approximate surface area is 177 Å². The highest BCUT2D eigenvalue weighted by Crippen LogP contribution is 2.27. The van der Waals surface area contributed by atoms with Gasteiger partial charge >= 0.3 is 0 Å². The maximum absolute atomic E-state index is 12.5. The zero-order valence-corrected chi connectivity index (χ0v) is 18.3. The molecule has 0 saturated carbocycles. The quantitative estimate of drug-likeness (QED) is 0.528. The Kier molecular flexibility index (Phi) is 8.94. The lowest BCUT2D eigenvalue weighted by Crippen LogP contribution is -2.29. The minimum atomic E-state index is -3.66. The lowest BCUT2D eigenvalue weighted by Gasteiger charge is -2.11. The topological polar surface area (TPSA) is 103 Å². The molecule has 2 aromatic rings. The molecule has 30 heavy (non-hydrogen) atoms. The van der Waals surface area contributed by atoms with Gasteiger partial charge in [0.25, 0.3) is 5.91 Å². The van der Waals surface area contributed by atoms with Crippen LogP contribution in [-0.4, -0.2) is 48.2 Å². The Morgan fingerprint density at radius 2 is 1.67 bits per heavy atom. The molecule has 0 radical (unpaired) electrons. The van der Waals surface area contributed by atoms with Gasteiger partial charge in [-0.15, -0.1) is 0 Å². The number of amides is 1. The summed E-state index contributed by atoms with van der Waals surface area (Å²) in [4.78, 5) is 11.7. The number of carbonyl (C=O) groups is 1.